The molecule has 1 amide bonds. The minimum atomic E-state index is -0.881. The second kappa shape index (κ2) is 7.94. The SMILES string of the molecule is CCC(C)(C)OC(=O)N1CCC(C(C)(C)OC(=O)C(C)(Br)Br)CC1. The zero-order valence-corrected chi connectivity index (χ0v) is 18.6. The van der Waals surface area contributed by atoms with Gasteiger partial charge in [-0.15, -0.1) is 0 Å². The van der Waals surface area contributed by atoms with Gasteiger partial charge in [0.2, 0.25) is 0 Å². The van der Waals surface area contributed by atoms with E-state index in [2.05, 4.69) is 31.9 Å². The lowest BCUT2D eigenvalue weighted by Crippen LogP contribution is -2.48. The Bertz CT molecular complexity index is 464. The summed E-state index contributed by atoms with van der Waals surface area (Å²) >= 11 is 6.51. The summed E-state index contributed by atoms with van der Waals surface area (Å²) in [6, 6.07) is 0. The summed E-state index contributed by atoms with van der Waals surface area (Å²) in [6.07, 6.45) is 2.08. The van der Waals surface area contributed by atoms with Crippen molar-refractivity contribution in [2.75, 3.05) is 13.1 Å². The summed E-state index contributed by atoms with van der Waals surface area (Å²) < 4.78 is 10.3. The van der Waals surface area contributed by atoms with E-state index in [0.29, 0.717) is 13.1 Å². The minimum Gasteiger partial charge on any atom is -0.458 e. The van der Waals surface area contributed by atoms with Gasteiger partial charge in [-0.2, -0.15) is 0 Å². The van der Waals surface area contributed by atoms with Crippen LogP contribution < -0.4 is 0 Å². The van der Waals surface area contributed by atoms with E-state index in [-0.39, 0.29) is 18.0 Å². The van der Waals surface area contributed by atoms with E-state index in [1.54, 1.807) is 11.8 Å². The molecule has 140 valence electrons. The van der Waals surface area contributed by atoms with Crippen LogP contribution in [0.2, 0.25) is 0 Å². The maximum absolute atomic E-state index is 12.2. The Morgan fingerprint density at radius 2 is 1.54 bits per heavy atom. The van der Waals surface area contributed by atoms with Gasteiger partial charge in [0, 0.05) is 19.0 Å². The van der Waals surface area contributed by atoms with Crippen molar-refractivity contribution < 1.29 is 19.1 Å². The third-order valence-corrected chi connectivity index (χ3v) is 5.31. The number of ether oxygens (including phenoxy) is 2. The highest BCUT2D eigenvalue weighted by atomic mass is 79.9. The monoisotopic (exact) mass is 469 g/mol. The van der Waals surface area contributed by atoms with Crippen LogP contribution in [-0.2, 0) is 14.3 Å². The molecule has 5 nitrogen and oxygen atoms in total. The number of amides is 1. The molecule has 0 saturated carbocycles. The average Bonchev–Trinajstić information content (AvgIpc) is 2.45. The lowest BCUT2D eigenvalue weighted by Gasteiger charge is -2.41. The molecule has 0 N–H and O–H groups in total. The van der Waals surface area contributed by atoms with Crippen LogP contribution in [0.4, 0.5) is 4.79 Å². The van der Waals surface area contributed by atoms with Gasteiger partial charge in [0.05, 0.1) is 0 Å². The lowest BCUT2D eigenvalue weighted by molar-refractivity contribution is -0.163. The molecule has 1 saturated heterocycles. The van der Waals surface area contributed by atoms with E-state index in [1.807, 2.05) is 34.6 Å². The molecule has 0 unspecified atom stereocenters. The van der Waals surface area contributed by atoms with Gasteiger partial charge in [0.1, 0.15) is 11.2 Å². The molecule has 7 heteroatoms. The second-order valence-electron chi connectivity index (χ2n) is 7.62. The number of rotatable bonds is 5. The van der Waals surface area contributed by atoms with Crippen LogP contribution in [0.25, 0.3) is 0 Å². The Kier molecular flexibility index (Phi) is 7.19. The van der Waals surface area contributed by atoms with E-state index >= 15 is 0 Å². The Balaban J connectivity index is 2.58. The molecule has 1 rings (SSSR count). The first-order valence-electron chi connectivity index (χ1n) is 8.37. The van der Waals surface area contributed by atoms with Crippen LogP contribution in [0.3, 0.4) is 0 Å². The summed E-state index contributed by atoms with van der Waals surface area (Å²) in [5, 5.41) is 0. The molecule has 0 radical (unpaired) electrons. The third-order valence-electron chi connectivity index (χ3n) is 4.67. The van der Waals surface area contributed by atoms with Crippen LogP contribution in [0.5, 0.6) is 0 Å². The normalized spacial score (nSPS) is 17.6. The molecule has 0 aromatic heterocycles. The second-order valence-corrected chi connectivity index (χ2v) is 11.9. The first-order valence-corrected chi connectivity index (χ1v) is 9.96. The number of piperidine rings is 1. The van der Waals surface area contributed by atoms with Gasteiger partial charge in [-0.1, -0.05) is 38.8 Å². The molecule has 0 atom stereocenters. The van der Waals surface area contributed by atoms with E-state index < -0.39 is 14.4 Å². The van der Waals surface area contributed by atoms with Gasteiger partial charge < -0.3 is 14.4 Å². The number of halogens is 2. The van der Waals surface area contributed by atoms with Crippen LogP contribution >= 0.6 is 31.9 Å². The summed E-state index contributed by atoms with van der Waals surface area (Å²) in [7, 11) is 0. The fourth-order valence-corrected chi connectivity index (χ4v) is 2.70. The van der Waals surface area contributed by atoms with Gasteiger partial charge in [-0.3, -0.25) is 0 Å². The number of carbonyl (C=O) groups excluding carboxylic acids is 2. The Morgan fingerprint density at radius 1 is 1.04 bits per heavy atom. The van der Waals surface area contributed by atoms with Crippen molar-refractivity contribution in [3.05, 3.63) is 0 Å². The first-order chi connectivity index (χ1) is 10.8. The minimum absolute atomic E-state index is 0.201. The number of esters is 1. The number of likely N-dealkylation sites (tertiary alicyclic amines) is 1. The lowest BCUT2D eigenvalue weighted by atomic mass is 9.83. The fourth-order valence-electron chi connectivity index (χ4n) is 2.54. The molecule has 0 aromatic carbocycles. The Hall–Kier alpha value is -0.300. The predicted molar refractivity (Wildman–Crippen MR) is 102 cm³/mol. The molecule has 0 spiro atoms. The molecule has 1 heterocycles. The van der Waals surface area contributed by atoms with Gasteiger partial charge in [0.15, 0.2) is 3.23 Å². The van der Waals surface area contributed by atoms with Gasteiger partial charge >= 0.3 is 12.1 Å². The van der Waals surface area contributed by atoms with Crippen molar-refractivity contribution in [3.8, 4) is 0 Å². The van der Waals surface area contributed by atoms with E-state index in [9.17, 15) is 9.59 Å². The highest BCUT2D eigenvalue weighted by Gasteiger charge is 2.40. The summed E-state index contributed by atoms with van der Waals surface area (Å²) in [5.41, 5.74) is -1.03. The number of alkyl halides is 2. The van der Waals surface area contributed by atoms with E-state index in [0.717, 1.165) is 19.3 Å². The molecule has 0 bridgehead atoms. The highest BCUT2D eigenvalue weighted by molar-refractivity contribution is 9.25. The summed E-state index contributed by atoms with van der Waals surface area (Å²) in [6.45, 7) is 12.6. The van der Waals surface area contributed by atoms with E-state index in [4.69, 9.17) is 9.47 Å². The van der Waals surface area contributed by atoms with Crippen LogP contribution in [0, 0.1) is 5.92 Å². The Morgan fingerprint density at radius 3 is 1.96 bits per heavy atom. The number of nitrogens with zero attached hydrogens (tertiary/aromatic N) is 1. The van der Waals surface area contributed by atoms with Gasteiger partial charge in [0.25, 0.3) is 0 Å². The topological polar surface area (TPSA) is 55.8 Å². The molecule has 0 aromatic rings. The smallest absolute Gasteiger partial charge is 0.410 e. The zero-order valence-electron chi connectivity index (χ0n) is 15.4. The molecular weight excluding hydrogens is 442 g/mol. The quantitative estimate of drug-likeness (QED) is 0.425. The molecule has 1 fully saturated rings. The first kappa shape index (κ1) is 21.7. The molecule has 1 aliphatic rings. The molecule has 0 aliphatic carbocycles. The average molecular weight is 471 g/mol. The number of hydrogen-bond acceptors (Lipinski definition) is 4. The zero-order chi connectivity index (χ0) is 18.8. The van der Waals surface area contributed by atoms with Gasteiger partial charge in [-0.05, 0) is 53.9 Å². The summed E-state index contributed by atoms with van der Waals surface area (Å²) in [4.78, 5) is 26.1. The Labute approximate surface area is 162 Å². The maximum Gasteiger partial charge on any atom is 0.410 e. The molecule has 24 heavy (non-hydrogen) atoms. The van der Waals surface area contributed by atoms with Crippen molar-refractivity contribution in [2.24, 2.45) is 5.92 Å². The fraction of sp³-hybridized carbons (Fsp3) is 0.882. The van der Waals surface area contributed by atoms with Crippen molar-refractivity contribution in [1.29, 1.82) is 0 Å². The maximum atomic E-state index is 12.2. The van der Waals surface area contributed by atoms with Crippen molar-refractivity contribution in [3.63, 3.8) is 0 Å². The highest BCUT2D eigenvalue weighted by Crippen LogP contribution is 2.35. The number of carbonyl (C=O) groups is 2. The van der Waals surface area contributed by atoms with Crippen molar-refractivity contribution in [2.45, 2.75) is 75.2 Å². The molecule has 1 aliphatic heterocycles. The molecular formula is C17H29Br2NO4. The standard InChI is InChI=1S/C17H29Br2NO4/c1-7-15(2,3)24-14(22)20-10-8-12(9-11-20)16(4,5)23-13(21)17(6,18)19/h12H,7-11H2,1-6H3. The third kappa shape index (κ3) is 6.21. The predicted octanol–water partition coefficient (Wildman–Crippen LogP) is 4.85. The van der Waals surface area contributed by atoms with Crippen molar-refractivity contribution in [1.82, 2.24) is 4.90 Å². The van der Waals surface area contributed by atoms with Crippen LogP contribution in [0.15, 0.2) is 0 Å². The largest absolute Gasteiger partial charge is 0.458 e. The number of hydrogen-bond donors (Lipinski definition) is 0. The summed E-state index contributed by atoms with van der Waals surface area (Å²) in [5.74, 6) is -0.147. The van der Waals surface area contributed by atoms with Crippen molar-refractivity contribution >= 4 is 43.9 Å². The van der Waals surface area contributed by atoms with Crippen LogP contribution in [-0.4, -0.2) is 44.5 Å². The van der Waals surface area contributed by atoms with Crippen LogP contribution in [0.1, 0.15) is 60.8 Å². The van der Waals surface area contributed by atoms with Gasteiger partial charge in [-0.25, -0.2) is 9.59 Å². The van der Waals surface area contributed by atoms with E-state index in [1.165, 1.54) is 0 Å².